The lowest BCUT2D eigenvalue weighted by Gasteiger charge is -2.48. The molecule has 0 radical (unpaired) electrons. The highest BCUT2D eigenvalue weighted by atomic mass is 16.5. The number of hydrogen-bond donors (Lipinski definition) is 1. The van der Waals surface area contributed by atoms with Gasteiger partial charge in [-0.05, 0) is 44.7 Å². The van der Waals surface area contributed by atoms with Crippen LogP contribution in [0.15, 0.2) is 24.3 Å². The highest BCUT2D eigenvalue weighted by Crippen LogP contribution is 2.29. The second kappa shape index (κ2) is 9.48. The predicted octanol–water partition coefficient (Wildman–Crippen LogP) is 4.16. The van der Waals surface area contributed by atoms with E-state index in [0.717, 1.165) is 56.3 Å². The number of carbonyl (C=O) groups excluding carboxylic acids is 1. The summed E-state index contributed by atoms with van der Waals surface area (Å²) in [5.41, 5.74) is 1.61. The number of unbranched alkanes of at least 4 members (excludes halogenated alkanes) is 1. The molecule has 2 aliphatic heterocycles. The number of hydrogen-bond acceptors (Lipinski definition) is 4. The Morgan fingerprint density at radius 2 is 1.87 bits per heavy atom. The minimum Gasteiger partial charge on any atom is -0.378 e. The Hall–Kier alpha value is -1.92. The van der Waals surface area contributed by atoms with Gasteiger partial charge in [0.05, 0.1) is 24.8 Å². The number of carbonyl (C=O) groups is 1. The number of nitrogens with zero attached hydrogens (tertiary/aromatic N) is 3. The van der Waals surface area contributed by atoms with Crippen LogP contribution < -0.4 is 5.32 Å². The first kappa shape index (κ1) is 21.3. The van der Waals surface area contributed by atoms with Gasteiger partial charge in [0.1, 0.15) is 0 Å². The summed E-state index contributed by atoms with van der Waals surface area (Å²) in [6, 6.07) is 9.43. The number of amides is 1. The molecule has 2 aliphatic rings. The second-order valence-corrected chi connectivity index (χ2v) is 8.86. The van der Waals surface area contributed by atoms with Gasteiger partial charge >= 0.3 is 0 Å². The Labute approximate surface area is 179 Å². The van der Waals surface area contributed by atoms with Crippen LogP contribution in [0.5, 0.6) is 0 Å². The Bertz CT molecular complexity index is 846. The molecule has 0 saturated carbocycles. The Kier molecular flexibility index (Phi) is 6.74. The lowest BCUT2D eigenvalue weighted by molar-refractivity contribution is -0.0802. The van der Waals surface area contributed by atoms with Crippen molar-refractivity contribution < 1.29 is 9.53 Å². The summed E-state index contributed by atoms with van der Waals surface area (Å²) in [5, 5.41) is 9.07. The third kappa shape index (κ3) is 4.12. The summed E-state index contributed by atoms with van der Waals surface area (Å²) in [6.07, 6.45) is 6.35. The molecule has 1 aromatic carbocycles. The number of piperidine rings is 1. The molecule has 1 aromatic heterocycles. The van der Waals surface area contributed by atoms with Crippen molar-refractivity contribution in [1.29, 1.82) is 0 Å². The van der Waals surface area contributed by atoms with Crippen LogP contribution in [0, 0.1) is 0 Å². The van der Waals surface area contributed by atoms with Gasteiger partial charge in [0.2, 0.25) is 0 Å². The smallest absolute Gasteiger partial charge is 0.272 e. The van der Waals surface area contributed by atoms with Crippen LogP contribution >= 0.6 is 0 Å². The van der Waals surface area contributed by atoms with E-state index in [0.29, 0.717) is 23.8 Å². The van der Waals surface area contributed by atoms with Crippen LogP contribution in [0.2, 0.25) is 0 Å². The molecule has 0 aliphatic carbocycles. The number of nitrogens with one attached hydrogen (secondary N) is 1. The first-order valence-electron chi connectivity index (χ1n) is 11.8. The summed E-state index contributed by atoms with van der Waals surface area (Å²) in [7, 11) is 0. The summed E-state index contributed by atoms with van der Waals surface area (Å²) < 4.78 is 7.88. The van der Waals surface area contributed by atoms with Gasteiger partial charge in [-0.15, -0.1) is 0 Å². The Morgan fingerprint density at radius 3 is 2.53 bits per heavy atom. The quantitative estimate of drug-likeness (QED) is 0.707. The van der Waals surface area contributed by atoms with Crippen molar-refractivity contribution in [3.8, 4) is 0 Å². The van der Waals surface area contributed by atoms with Crippen molar-refractivity contribution in [2.75, 3.05) is 19.8 Å². The third-order valence-electron chi connectivity index (χ3n) is 6.89. The van der Waals surface area contributed by atoms with E-state index in [2.05, 4.69) is 41.7 Å². The summed E-state index contributed by atoms with van der Waals surface area (Å²) in [6.45, 7) is 9.29. The molecular weight excluding hydrogens is 376 g/mol. The molecular formula is C24H36N4O2. The molecule has 30 heavy (non-hydrogen) atoms. The van der Waals surface area contributed by atoms with Crippen LogP contribution in [-0.4, -0.2) is 58.5 Å². The standard InChI is InChI=1S/C24H36N4O2/c1-4-7-12-27-19-13-17(14-20(27)16-30-15-19)25-24(29)23-21-10-8-9-11-22(21)28(26-23)18(5-2)6-3/h8-11,17-20H,4-7,12-16H2,1-3H3,(H,25,29). The van der Waals surface area contributed by atoms with Crippen molar-refractivity contribution >= 4 is 16.8 Å². The van der Waals surface area contributed by atoms with Crippen LogP contribution in [0.1, 0.15) is 75.8 Å². The molecule has 3 heterocycles. The number of para-hydroxylation sites is 1. The maximum absolute atomic E-state index is 13.3. The Balaban J connectivity index is 1.52. The lowest BCUT2D eigenvalue weighted by Crippen LogP contribution is -2.60. The fourth-order valence-corrected chi connectivity index (χ4v) is 5.24. The van der Waals surface area contributed by atoms with Gasteiger partial charge in [-0.1, -0.05) is 45.4 Å². The molecule has 2 aromatic rings. The number of morpholine rings is 1. The van der Waals surface area contributed by atoms with E-state index in [1.807, 2.05) is 18.2 Å². The number of rotatable bonds is 8. The molecule has 1 N–H and O–H groups in total. The zero-order valence-corrected chi connectivity index (χ0v) is 18.6. The average Bonchev–Trinajstić information content (AvgIpc) is 3.13. The van der Waals surface area contributed by atoms with Gasteiger partial charge < -0.3 is 10.1 Å². The zero-order chi connectivity index (χ0) is 21.1. The van der Waals surface area contributed by atoms with Crippen LogP contribution in [0.25, 0.3) is 10.9 Å². The molecule has 2 fully saturated rings. The molecule has 2 unspecified atom stereocenters. The number of ether oxygens (including phenoxy) is 1. The van der Waals surface area contributed by atoms with E-state index in [9.17, 15) is 4.79 Å². The average molecular weight is 413 g/mol. The van der Waals surface area contributed by atoms with Gasteiger partial charge in [-0.2, -0.15) is 5.10 Å². The van der Waals surface area contributed by atoms with Gasteiger partial charge in [0, 0.05) is 23.5 Å². The van der Waals surface area contributed by atoms with E-state index >= 15 is 0 Å². The fraction of sp³-hybridized carbons (Fsp3) is 0.667. The van der Waals surface area contributed by atoms with Crippen molar-refractivity contribution in [1.82, 2.24) is 20.0 Å². The molecule has 164 valence electrons. The fourth-order valence-electron chi connectivity index (χ4n) is 5.24. The molecule has 2 atom stereocenters. The maximum Gasteiger partial charge on any atom is 0.272 e. The lowest BCUT2D eigenvalue weighted by atomic mass is 9.89. The Morgan fingerprint density at radius 1 is 1.17 bits per heavy atom. The third-order valence-corrected chi connectivity index (χ3v) is 6.89. The van der Waals surface area contributed by atoms with Crippen molar-refractivity contribution in [2.24, 2.45) is 0 Å². The highest BCUT2D eigenvalue weighted by Gasteiger charge is 2.39. The van der Waals surface area contributed by atoms with Gasteiger partial charge in [0.25, 0.3) is 5.91 Å². The topological polar surface area (TPSA) is 59.4 Å². The molecule has 6 heteroatoms. The molecule has 0 spiro atoms. The molecule has 1 amide bonds. The normalized spacial score (nSPS) is 24.5. The van der Waals surface area contributed by atoms with Crippen LogP contribution in [0.3, 0.4) is 0 Å². The van der Waals surface area contributed by atoms with E-state index in [4.69, 9.17) is 9.84 Å². The van der Waals surface area contributed by atoms with Crippen molar-refractivity contribution in [3.05, 3.63) is 30.0 Å². The van der Waals surface area contributed by atoms with E-state index in [1.165, 1.54) is 12.8 Å². The van der Waals surface area contributed by atoms with Gasteiger partial charge in [-0.25, -0.2) is 0 Å². The minimum atomic E-state index is -0.0399. The first-order chi connectivity index (χ1) is 14.7. The molecule has 6 nitrogen and oxygen atoms in total. The minimum absolute atomic E-state index is 0.0399. The molecule has 2 bridgehead atoms. The summed E-state index contributed by atoms with van der Waals surface area (Å²) >= 11 is 0. The van der Waals surface area contributed by atoms with E-state index in [-0.39, 0.29) is 11.9 Å². The number of aromatic nitrogens is 2. The van der Waals surface area contributed by atoms with Crippen molar-refractivity contribution in [2.45, 2.75) is 83.5 Å². The van der Waals surface area contributed by atoms with E-state index < -0.39 is 0 Å². The summed E-state index contributed by atoms with van der Waals surface area (Å²) in [4.78, 5) is 15.9. The largest absolute Gasteiger partial charge is 0.378 e. The molecule has 4 rings (SSSR count). The van der Waals surface area contributed by atoms with Gasteiger partial charge in [-0.3, -0.25) is 14.4 Å². The zero-order valence-electron chi connectivity index (χ0n) is 18.6. The maximum atomic E-state index is 13.3. The first-order valence-corrected chi connectivity index (χ1v) is 11.8. The number of benzene rings is 1. The SMILES string of the molecule is CCCCN1C2COCC1CC(NC(=O)c1nn(C(CC)CC)c3ccccc13)C2. The van der Waals surface area contributed by atoms with Gasteiger partial charge in [0.15, 0.2) is 5.69 Å². The number of fused-ring (bicyclic) bond motifs is 3. The summed E-state index contributed by atoms with van der Waals surface area (Å²) in [5.74, 6) is -0.0399. The highest BCUT2D eigenvalue weighted by molar-refractivity contribution is 6.05. The monoisotopic (exact) mass is 412 g/mol. The van der Waals surface area contributed by atoms with Crippen molar-refractivity contribution in [3.63, 3.8) is 0 Å². The van der Waals surface area contributed by atoms with Crippen LogP contribution in [0.4, 0.5) is 0 Å². The predicted molar refractivity (Wildman–Crippen MR) is 120 cm³/mol. The second-order valence-electron chi connectivity index (χ2n) is 8.86. The molecule has 2 saturated heterocycles. The van der Waals surface area contributed by atoms with E-state index in [1.54, 1.807) is 0 Å². The van der Waals surface area contributed by atoms with Crippen LogP contribution in [-0.2, 0) is 4.74 Å².